The van der Waals surface area contributed by atoms with Gasteiger partial charge in [-0.1, -0.05) is 6.92 Å². The Morgan fingerprint density at radius 3 is 2.91 bits per heavy atom. The summed E-state index contributed by atoms with van der Waals surface area (Å²) in [5.74, 6) is 0. The third-order valence-electron chi connectivity index (χ3n) is 1.66. The fraction of sp³-hybridized carbons (Fsp3) is 0.444. The van der Waals surface area contributed by atoms with Crippen LogP contribution >= 0.6 is 0 Å². The molecule has 0 aromatic carbocycles. The Morgan fingerprint density at radius 2 is 2.36 bits per heavy atom. The molecule has 0 unspecified atom stereocenters. The minimum atomic E-state index is -0.408. The molecule has 0 saturated carbocycles. The van der Waals surface area contributed by atoms with Crippen LogP contribution in [0.2, 0.25) is 0 Å². The van der Waals surface area contributed by atoms with Crippen LogP contribution in [-0.4, -0.2) is 10.1 Å². The lowest BCUT2D eigenvalue weighted by Gasteiger charge is -2.06. The van der Waals surface area contributed by atoms with Crippen molar-refractivity contribution in [3.05, 3.63) is 29.6 Å². The molecule has 0 aliphatic carbocycles. The molecule has 0 fully saturated rings. The molecule has 0 aliphatic heterocycles. The molecule has 2 nitrogen and oxygen atoms in total. The summed E-state index contributed by atoms with van der Waals surface area (Å²) in [5.41, 5.74) is 1.91. The molecule has 2 heteroatoms. The van der Waals surface area contributed by atoms with Crippen LogP contribution in [0, 0.1) is 6.92 Å². The third kappa shape index (κ3) is 2.02. The van der Waals surface area contributed by atoms with E-state index in [-0.39, 0.29) is 0 Å². The second kappa shape index (κ2) is 3.49. The summed E-state index contributed by atoms with van der Waals surface area (Å²) < 4.78 is 0. The Labute approximate surface area is 66.9 Å². The lowest BCUT2D eigenvalue weighted by atomic mass is 10.1. The normalized spacial score (nSPS) is 13.0. The molecule has 60 valence electrons. The average molecular weight is 151 g/mol. The smallest absolute Gasteiger partial charge is 0.0957 e. The Bertz CT molecular complexity index is 235. The van der Waals surface area contributed by atoms with Crippen molar-refractivity contribution in [2.45, 2.75) is 26.4 Å². The summed E-state index contributed by atoms with van der Waals surface area (Å²) in [4.78, 5) is 4.06. The Balaban J connectivity index is 2.86. The van der Waals surface area contributed by atoms with Crippen LogP contribution in [0.15, 0.2) is 18.3 Å². The highest BCUT2D eigenvalue weighted by atomic mass is 16.3. The Hall–Kier alpha value is -0.890. The summed E-state index contributed by atoms with van der Waals surface area (Å²) in [5, 5.41) is 9.39. The maximum atomic E-state index is 9.39. The molecular formula is C9H13NO. The minimum absolute atomic E-state index is 0.408. The zero-order chi connectivity index (χ0) is 8.27. The number of aryl methyl sites for hydroxylation is 1. The number of nitrogens with zero attached hydrogens (tertiary/aromatic N) is 1. The predicted molar refractivity (Wildman–Crippen MR) is 44.2 cm³/mol. The van der Waals surface area contributed by atoms with E-state index in [1.807, 2.05) is 26.0 Å². The number of hydrogen-bond donors (Lipinski definition) is 1. The van der Waals surface area contributed by atoms with Crippen molar-refractivity contribution in [2.24, 2.45) is 0 Å². The highest BCUT2D eigenvalue weighted by molar-refractivity contribution is 5.15. The van der Waals surface area contributed by atoms with Gasteiger partial charge in [0, 0.05) is 6.20 Å². The molecule has 1 N–H and O–H groups in total. The van der Waals surface area contributed by atoms with Crippen LogP contribution in [-0.2, 0) is 0 Å². The minimum Gasteiger partial charge on any atom is -0.387 e. The van der Waals surface area contributed by atoms with Crippen LogP contribution in [0.5, 0.6) is 0 Å². The summed E-state index contributed by atoms with van der Waals surface area (Å²) in [6.07, 6.45) is 2.04. The van der Waals surface area contributed by atoms with E-state index in [2.05, 4.69) is 4.98 Å². The fourth-order valence-corrected chi connectivity index (χ4v) is 0.951. The number of aliphatic hydroxyl groups is 1. The largest absolute Gasteiger partial charge is 0.387 e. The first-order chi connectivity index (χ1) is 5.24. The van der Waals surface area contributed by atoms with Crippen LogP contribution < -0.4 is 0 Å². The highest BCUT2D eigenvalue weighted by Gasteiger charge is 2.04. The first-order valence-electron chi connectivity index (χ1n) is 3.84. The van der Waals surface area contributed by atoms with Gasteiger partial charge in [0.25, 0.3) is 0 Å². The monoisotopic (exact) mass is 151 g/mol. The topological polar surface area (TPSA) is 33.1 Å². The van der Waals surface area contributed by atoms with Gasteiger partial charge in [-0.25, -0.2) is 0 Å². The maximum Gasteiger partial charge on any atom is 0.0957 e. The van der Waals surface area contributed by atoms with E-state index in [0.29, 0.717) is 0 Å². The molecule has 0 spiro atoms. The van der Waals surface area contributed by atoms with Gasteiger partial charge >= 0.3 is 0 Å². The molecule has 11 heavy (non-hydrogen) atoms. The van der Waals surface area contributed by atoms with Crippen LogP contribution in [0.25, 0.3) is 0 Å². The highest BCUT2D eigenvalue weighted by Crippen LogP contribution is 2.13. The third-order valence-corrected chi connectivity index (χ3v) is 1.66. The van der Waals surface area contributed by atoms with E-state index in [9.17, 15) is 5.11 Å². The van der Waals surface area contributed by atoms with Crippen LogP contribution in [0.3, 0.4) is 0 Å². The summed E-state index contributed by atoms with van der Waals surface area (Å²) in [7, 11) is 0. The summed E-state index contributed by atoms with van der Waals surface area (Å²) in [6, 6.07) is 3.83. The van der Waals surface area contributed by atoms with E-state index in [1.54, 1.807) is 6.20 Å². The maximum absolute atomic E-state index is 9.39. The summed E-state index contributed by atoms with van der Waals surface area (Å²) >= 11 is 0. The second-order valence-corrected chi connectivity index (χ2v) is 2.68. The zero-order valence-electron chi connectivity index (χ0n) is 6.91. The van der Waals surface area contributed by atoms with Gasteiger partial charge in [-0.05, 0) is 31.0 Å². The van der Waals surface area contributed by atoms with Gasteiger partial charge in [0.05, 0.1) is 11.8 Å². The molecule has 1 aromatic heterocycles. The molecule has 0 radical (unpaired) electrons. The Kier molecular flexibility index (Phi) is 2.60. The predicted octanol–water partition coefficient (Wildman–Crippen LogP) is 1.83. The van der Waals surface area contributed by atoms with E-state index >= 15 is 0 Å². The number of hydrogen-bond acceptors (Lipinski definition) is 2. The van der Waals surface area contributed by atoms with Crippen LogP contribution in [0.4, 0.5) is 0 Å². The van der Waals surface area contributed by atoms with Gasteiger partial charge < -0.3 is 5.11 Å². The molecule has 1 rings (SSSR count). The number of aliphatic hydroxyl groups excluding tert-OH is 1. The molecular weight excluding hydrogens is 138 g/mol. The number of pyridine rings is 1. The average Bonchev–Trinajstić information content (AvgIpc) is 2.03. The molecule has 1 atom stereocenters. The van der Waals surface area contributed by atoms with Crippen molar-refractivity contribution in [1.29, 1.82) is 0 Å². The molecule has 0 amide bonds. The first kappa shape index (κ1) is 8.21. The number of rotatable bonds is 2. The lowest BCUT2D eigenvalue weighted by Crippen LogP contribution is -1.98. The Morgan fingerprint density at radius 1 is 1.64 bits per heavy atom. The first-order valence-corrected chi connectivity index (χ1v) is 3.84. The van der Waals surface area contributed by atoms with Crippen molar-refractivity contribution in [3.63, 3.8) is 0 Å². The van der Waals surface area contributed by atoms with Gasteiger partial charge in [0.1, 0.15) is 0 Å². The molecule has 1 heterocycles. The van der Waals surface area contributed by atoms with Gasteiger partial charge in [-0.3, -0.25) is 4.98 Å². The lowest BCUT2D eigenvalue weighted by molar-refractivity contribution is 0.169. The van der Waals surface area contributed by atoms with Crippen LogP contribution in [0.1, 0.15) is 30.7 Å². The van der Waals surface area contributed by atoms with Gasteiger partial charge in [0.2, 0.25) is 0 Å². The van der Waals surface area contributed by atoms with Crippen molar-refractivity contribution in [3.8, 4) is 0 Å². The fourth-order valence-electron chi connectivity index (χ4n) is 0.951. The van der Waals surface area contributed by atoms with Crippen molar-refractivity contribution < 1.29 is 5.11 Å². The van der Waals surface area contributed by atoms with E-state index < -0.39 is 6.10 Å². The standard InChI is InChI=1S/C9H13NO/c1-3-9(11)8-6-7(2)4-5-10-8/h4-6,9,11H,3H2,1-2H3/t9-/m0/s1. The zero-order valence-corrected chi connectivity index (χ0v) is 6.91. The van der Waals surface area contributed by atoms with Gasteiger partial charge in [0.15, 0.2) is 0 Å². The number of aromatic nitrogens is 1. The molecule has 1 aromatic rings. The summed E-state index contributed by atoms with van der Waals surface area (Å²) in [6.45, 7) is 3.93. The van der Waals surface area contributed by atoms with E-state index in [1.165, 1.54) is 0 Å². The van der Waals surface area contributed by atoms with Crippen molar-refractivity contribution in [2.75, 3.05) is 0 Å². The van der Waals surface area contributed by atoms with Gasteiger partial charge in [-0.2, -0.15) is 0 Å². The van der Waals surface area contributed by atoms with Crippen molar-refractivity contribution in [1.82, 2.24) is 4.98 Å². The molecule has 0 saturated heterocycles. The van der Waals surface area contributed by atoms with Crippen molar-refractivity contribution >= 4 is 0 Å². The van der Waals surface area contributed by atoms with E-state index in [4.69, 9.17) is 0 Å². The molecule has 0 bridgehead atoms. The quantitative estimate of drug-likeness (QED) is 0.699. The molecule has 0 aliphatic rings. The van der Waals surface area contributed by atoms with Gasteiger partial charge in [-0.15, -0.1) is 0 Å². The SMILES string of the molecule is CC[C@H](O)c1cc(C)ccn1. The van der Waals surface area contributed by atoms with E-state index in [0.717, 1.165) is 17.7 Å². The second-order valence-electron chi connectivity index (χ2n) is 2.68.